The van der Waals surface area contributed by atoms with Gasteiger partial charge in [0.25, 0.3) is 0 Å². The van der Waals surface area contributed by atoms with Crippen molar-refractivity contribution < 1.29 is 59.5 Å². The van der Waals surface area contributed by atoms with Crippen molar-refractivity contribution in [2.24, 2.45) is 0 Å². The highest BCUT2D eigenvalue weighted by molar-refractivity contribution is 5.91. The average molecular weight is 514 g/mol. The number of benzene rings is 3. The highest BCUT2D eigenvalue weighted by atomic mass is 16.6. The molecule has 12 heteroatoms. The van der Waals surface area contributed by atoms with Crippen LogP contribution in [-0.2, 0) is 16.0 Å². The molecule has 194 valence electrons. The molecule has 37 heavy (non-hydrogen) atoms. The van der Waals surface area contributed by atoms with Crippen LogP contribution in [0.5, 0.6) is 51.7 Å². The molecule has 0 radical (unpaired) electrons. The predicted octanol–water partition coefficient (Wildman–Crippen LogP) is 2.84. The van der Waals surface area contributed by atoms with Crippen molar-refractivity contribution in [3.63, 3.8) is 0 Å². The molecule has 4 rings (SSSR count). The smallest absolute Gasteiger partial charge is 0.338 e. The molecule has 0 spiro atoms. The Kier molecular flexibility index (Phi) is 6.49. The van der Waals surface area contributed by atoms with Gasteiger partial charge in [0.2, 0.25) is 0 Å². The minimum absolute atomic E-state index is 0.0104. The van der Waals surface area contributed by atoms with E-state index in [-0.39, 0.29) is 46.8 Å². The standard InChI is InChI=1S/C25H22O12/c1-2-21(31)35-12-7-14(26)13-9-20(37-25(34)11-5-17(29)23(33)18(30)6-11)24(36-19(13)8-12)10-3-15(27)22(32)16(28)4-10/h3-8,20,24,26-30,32-33H,2,9H2,1H3/t20-,24-/m1/s1. The van der Waals surface area contributed by atoms with Crippen molar-refractivity contribution in [1.82, 2.24) is 0 Å². The van der Waals surface area contributed by atoms with Crippen LogP contribution in [0.15, 0.2) is 36.4 Å². The molecule has 1 aliphatic rings. The van der Waals surface area contributed by atoms with E-state index < -0.39 is 58.6 Å². The molecule has 1 heterocycles. The summed E-state index contributed by atoms with van der Waals surface area (Å²) in [5, 5.41) is 69.3. The molecule has 0 aliphatic carbocycles. The van der Waals surface area contributed by atoms with E-state index in [1.165, 1.54) is 12.1 Å². The molecule has 1 aliphatic heterocycles. The molecule has 2 atom stereocenters. The van der Waals surface area contributed by atoms with Crippen molar-refractivity contribution in [3.05, 3.63) is 53.1 Å². The number of hydrogen-bond donors (Lipinski definition) is 7. The van der Waals surface area contributed by atoms with Gasteiger partial charge >= 0.3 is 11.9 Å². The molecule has 7 N–H and O–H groups in total. The summed E-state index contributed by atoms with van der Waals surface area (Å²) in [6.07, 6.45) is -2.51. The van der Waals surface area contributed by atoms with Gasteiger partial charge in [-0.3, -0.25) is 4.79 Å². The van der Waals surface area contributed by atoms with Gasteiger partial charge in [-0.25, -0.2) is 4.79 Å². The summed E-state index contributed by atoms with van der Waals surface area (Å²) in [7, 11) is 0. The zero-order chi connectivity index (χ0) is 27.0. The Bertz CT molecular complexity index is 1350. The fourth-order valence-electron chi connectivity index (χ4n) is 3.80. The van der Waals surface area contributed by atoms with Gasteiger partial charge in [0.05, 0.1) is 5.56 Å². The molecule has 12 nitrogen and oxygen atoms in total. The Morgan fingerprint density at radius 2 is 1.41 bits per heavy atom. The lowest BCUT2D eigenvalue weighted by molar-refractivity contribution is -0.134. The van der Waals surface area contributed by atoms with Gasteiger partial charge in [0, 0.05) is 36.1 Å². The zero-order valence-corrected chi connectivity index (χ0v) is 19.2. The Hall–Kier alpha value is -5.00. The largest absolute Gasteiger partial charge is 0.507 e. The minimum atomic E-state index is -1.22. The summed E-state index contributed by atoms with van der Waals surface area (Å²) in [6.45, 7) is 1.59. The third-order valence-electron chi connectivity index (χ3n) is 5.66. The second-order valence-electron chi connectivity index (χ2n) is 8.20. The molecule has 0 saturated carbocycles. The van der Waals surface area contributed by atoms with Crippen LogP contribution in [0.25, 0.3) is 0 Å². The summed E-state index contributed by atoms with van der Waals surface area (Å²) < 4.78 is 16.6. The van der Waals surface area contributed by atoms with Gasteiger partial charge in [-0.15, -0.1) is 0 Å². The third kappa shape index (κ3) is 4.89. The maximum Gasteiger partial charge on any atom is 0.338 e. The molecule has 0 fully saturated rings. The molecule has 0 bridgehead atoms. The van der Waals surface area contributed by atoms with E-state index in [0.29, 0.717) is 0 Å². The van der Waals surface area contributed by atoms with Crippen LogP contribution in [0.4, 0.5) is 0 Å². The van der Waals surface area contributed by atoms with Crippen molar-refractivity contribution in [2.75, 3.05) is 0 Å². The third-order valence-corrected chi connectivity index (χ3v) is 5.66. The summed E-state index contributed by atoms with van der Waals surface area (Å²) in [4.78, 5) is 24.6. The highest BCUT2D eigenvalue weighted by Gasteiger charge is 2.37. The van der Waals surface area contributed by atoms with Crippen LogP contribution >= 0.6 is 0 Å². The first-order valence-corrected chi connectivity index (χ1v) is 10.9. The van der Waals surface area contributed by atoms with Crippen molar-refractivity contribution >= 4 is 11.9 Å². The average Bonchev–Trinajstić information content (AvgIpc) is 2.85. The number of rotatable bonds is 5. The molecular weight excluding hydrogens is 492 g/mol. The highest BCUT2D eigenvalue weighted by Crippen LogP contribution is 2.46. The monoisotopic (exact) mass is 514 g/mol. The fraction of sp³-hybridized carbons (Fsp3) is 0.200. The molecular formula is C25H22O12. The Balaban J connectivity index is 1.74. The number of fused-ring (bicyclic) bond motifs is 1. The number of phenolic OH excluding ortho intramolecular Hbond substituents is 7. The Labute approximate surface area is 208 Å². The number of carbonyl (C=O) groups is 2. The van der Waals surface area contributed by atoms with Crippen LogP contribution in [0.3, 0.4) is 0 Å². The minimum Gasteiger partial charge on any atom is -0.507 e. The van der Waals surface area contributed by atoms with Crippen LogP contribution in [-0.4, -0.2) is 53.8 Å². The topological polar surface area (TPSA) is 203 Å². The molecule has 0 amide bonds. The lowest BCUT2D eigenvalue weighted by Crippen LogP contribution is -2.34. The molecule has 3 aromatic rings. The maximum atomic E-state index is 12.9. The van der Waals surface area contributed by atoms with Gasteiger partial charge in [0.1, 0.15) is 23.4 Å². The summed E-state index contributed by atoms with van der Waals surface area (Å²) in [5.74, 6) is -6.41. The SMILES string of the molecule is CCC(=O)Oc1cc(O)c2c(c1)O[C@H](c1cc(O)c(O)c(O)c1)[C@H](OC(=O)c1cc(O)c(O)c(O)c1)C2. The summed E-state index contributed by atoms with van der Waals surface area (Å²) in [5.41, 5.74) is -0.0585. The number of aromatic hydroxyl groups is 7. The van der Waals surface area contributed by atoms with E-state index in [1.807, 2.05) is 0 Å². The van der Waals surface area contributed by atoms with Crippen molar-refractivity contribution in [2.45, 2.75) is 32.0 Å². The van der Waals surface area contributed by atoms with E-state index in [9.17, 15) is 45.3 Å². The molecule has 3 aromatic carbocycles. The Morgan fingerprint density at radius 1 is 0.838 bits per heavy atom. The second kappa shape index (κ2) is 9.57. The van der Waals surface area contributed by atoms with E-state index in [2.05, 4.69) is 0 Å². The number of ether oxygens (including phenoxy) is 3. The normalized spacial score (nSPS) is 16.4. The van der Waals surface area contributed by atoms with Crippen LogP contribution in [0, 0.1) is 0 Å². The van der Waals surface area contributed by atoms with E-state index >= 15 is 0 Å². The van der Waals surface area contributed by atoms with Crippen LogP contribution < -0.4 is 9.47 Å². The molecule has 0 unspecified atom stereocenters. The number of phenols is 7. The Morgan fingerprint density at radius 3 is 1.97 bits per heavy atom. The number of carbonyl (C=O) groups excluding carboxylic acids is 2. The summed E-state index contributed by atoms with van der Waals surface area (Å²) >= 11 is 0. The van der Waals surface area contributed by atoms with Crippen LogP contribution in [0.2, 0.25) is 0 Å². The van der Waals surface area contributed by atoms with Gasteiger partial charge < -0.3 is 50.0 Å². The first-order chi connectivity index (χ1) is 17.5. The molecule has 0 aromatic heterocycles. The predicted molar refractivity (Wildman–Crippen MR) is 123 cm³/mol. The van der Waals surface area contributed by atoms with Crippen molar-refractivity contribution in [1.29, 1.82) is 0 Å². The number of hydrogen-bond acceptors (Lipinski definition) is 12. The first-order valence-electron chi connectivity index (χ1n) is 10.9. The van der Waals surface area contributed by atoms with E-state index in [0.717, 1.165) is 24.3 Å². The van der Waals surface area contributed by atoms with Gasteiger partial charge in [-0.1, -0.05) is 6.92 Å². The van der Waals surface area contributed by atoms with Crippen molar-refractivity contribution in [3.8, 4) is 51.7 Å². The van der Waals surface area contributed by atoms with Crippen LogP contribution in [0.1, 0.15) is 40.9 Å². The summed E-state index contributed by atoms with van der Waals surface area (Å²) in [6, 6.07) is 6.41. The second-order valence-corrected chi connectivity index (χ2v) is 8.20. The number of esters is 2. The van der Waals surface area contributed by atoms with Gasteiger partial charge in [-0.2, -0.15) is 0 Å². The quantitative estimate of drug-likeness (QED) is 0.149. The molecule has 0 saturated heterocycles. The van der Waals surface area contributed by atoms with Gasteiger partial charge in [0.15, 0.2) is 40.6 Å². The lowest BCUT2D eigenvalue weighted by Gasteiger charge is -2.34. The lowest BCUT2D eigenvalue weighted by atomic mass is 9.93. The first kappa shape index (κ1) is 25.1. The fourth-order valence-corrected chi connectivity index (χ4v) is 3.80. The van der Waals surface area contributed by atoms with Gasteiger partial charge in [-0.05, 0) is 24.3 Å². The zero-order valence-electron chi connectivity index (χ0n) is 19.2. The van der Waals surface area contributed by atoms with E-state index in [4.69, 9.17) is 14.2 Å². The van der Waals surface area contributed by atoms with E-state index in [1.54, 1.807) is 6.92 Å². The maximum absolute atomic E-state index is 12.9.